The van der Waals surface area contributed by atoms with Gasteiger partial charge in [-0.05, 0) is 30.9 Å². The molecule has 1 N–H and O–H groups in total. The van der Waals surface area contributed by atoms with Crippen molar-refractivity contribution in [1.82, 2.24) is 14.9 Å². The second-order valence-electron chi connectivity index (χ2n) is 7.91. The van der Waals surface area contributed by atoms with Crippen LogP contribution < -0.4 is 10.9 Å². The van der Waals surface area contributed by atoms with E-state index in [1.807, 2.05) is 55.5 Å². The van der Waals surface area contributed by atoms with Gasteiger partial charge in [-0.25, -0.2) is 4.98 Å². The number of amides is 1. The average Bonchev–Trinajstić information content (AvgIpc) is 2.81. The molecule has 1 unspecified atom stereocenters. The molecule has 32 heavy (non-hydrogen) atoms. The van der Waals surface area contributed by atoms with Crippen LogP contribution in [0.2, 0.25) is 0 Å². The molecule has 3 aromatic rings. The Morgan fingerprint density at radius 2 is 1.69 bits per heavy atom. The van der Waals surface area contributed by atoms with E-state index in [9.17, 15) is 9.59 Å². The average molecular weight is 450 g/mol. The first-order valence-corrected chi connectivity index (χ1v) is 12.0. The van der Waals surface area contributed by atoms with Crippen molar-refractivity contribution < 1.29 is 4.79 Å². The van der Waals surface area contributed by atoms with Gasteiger partial charge in [0.05, 0.1) is 5.25 Å². The van der Waals surface area contributed by atoms with E-state index < -0.39 is 0 Å². The lowest BCUT2D eigenvalue weighted by molar-refractivity contribution is -0.120. The quantitative estimate of drug-likeness (QED) is 0.370. The van der Waals surface area contributed by atoms with E-state index in [1.165, 1.54) is 17.3 Å². The van der Waals surface area contributed by atoms with Crippen molar-refractivity contribution in [3.63, 3.8) is 0 Å². The predicted octanol–water partition coefficient (Wildman–Crippen LogP) is 4.30. The lowest BCUT2D eigenvalue weighted by atomic mass is 10.1. The third-order valence-electron chi connectivity index (χ3n) is 5.42. The Hall–Kier alpha value is -2.86. The summed E-state index contributed by atoms with van der Waals surface area (Å²) in [6, 6.07) is 20.0. The Morgan fingerprint density at radius 1 is 1.06 bits per heavy atom. The van der Waals surface area contributed by atoms with Crippen LogP contribution in [0.3, 0.4) is 0 Å². The molecule has 0 saturated carbocycles. The van der Waals surface area contributed by atoms with Gasteiger partial charge in [-0.3, -0.25) is 14.2 Å². The fraction of sp³-hybridized carbons (Fsp3) is 0.346. The molecular formula is C26H31N3O2S. The summed E-state index contributed by atoms with van der Waals surface area (Å²) in [6.45, 7) is 4.52. The maximum absolute atomic E-state index is 13.1. The fourth-order valence-corrected chi connectivity index (χ4v) is 4.79. The number of benzene rings is 2. The topological polar surface area (TPSA) is 64.0 Å². The molecule has 168 valence electrons. The summed E-state index contributed by atoms with van der Waals surface area (Å²) >= 11 is 1.38. The molecule has 6 heteroatoms. The van der Waals surface area contributed by atoms with Gasteiger partial charge in [0.2, 0.25) is 5.91 Å². The van der Waals surface area contributed by atoms with Crippen LogP contribution in [0.4, 0.5) is 0 Å². The summed E-state index contributed by atoms with van der Waals surface area (Å²) in [4.78, 5) is 30.6. The number of nitrogens with zero attached hydrogens (tertiary/aromatic N) is 2. The highest BCUT2D eigenvalue weighted by Gasteiger charge is 2.22. The molecule has 1 heterocycles. The highest BCUT2D eigenvalue weighted by molar-refractivity contribution is 8.00. The number of aryl methyl sites for hydroxylation is 1. The molecular weight excluding hydrogens is 418 g/mol. The Kier molecular flexibility index (Phi) is 8.68. The minimum atomic E-state index is -0.284. The van der Waals surface area contributed by atoms with Crippen LogP contribution in [0, 0.1) is 6.92 Å². The van der Waals surface area contributed by atoms with Gasteiger partial charge < -0.3 is 5.32 Å². The number of rotatable bonds is 10. The van der Waals surface area contributed by atoms with E-state index in [0.717, 1.165) is 30.5 Å². The van der Waals surface area contributed by atoms with Gasteiger partial charge in [-0.15, -0.1) is 0 Å². The molecule has 0 saturated heterocycles. The molecule has 3 rings (SSSR count). The van der Waals surface area contributed by atoms with E-state index in [0.29, 0.717) is 23.7 Å². The first-order valence-electron chi connectivity index (χ1n) is 11.1. The summed E-state index contributed by atoms with van der Waals surface area (Å²) in [5.74, 6) is -0.00644. The van der Waals surface area contributed by atoms with Crippen molar-refractivity contribution in [1.29, 1.82) is 0 Å². The van der Waals surface area contributed by atoms with Crippen LogP contribution in [0.1, 0.15) is 42.1 Å². The van der Waals surface area contributed by atoms with Gasteiger partial charge in [-0.1, -0.05) is 85.8 Å². The highest BCUT2D eigenvalue weighted by Crippen LogP contribution is 2.25. The standard InChI is InChI=1S/C26H31N3O2S/c1-4-11-23(24(30)27-17-16-20-12-7-5-8-13-20)32-26-28-19(2)22(25(31)29(26)3)18-21-14-9-6-10-15-21/h5-10,12-15,23H,4,11,16-18H2,1-3H3,(H,27,30). The lowest BCUT2D eigenvalue weighted by Crippen LogP contribution is -2.35. The number of nitrogens with one attached hydrogen (secondary N) is 1. The summed E-state index contributed by atoms with van der Waals surface area (Å²) in [5.41, 5.74) is 3.64. The van der Waals surface area contributed by atoms with E-state index >= 15 is 0 Å². The highest BCUT2D eigenvalue weighted by atomic mass is 32.2. The number of aromatic nitrogens is 2. The largest absolute Gasteiger partial charge is 0.355 e. The fourth-order valence-electron chi connectivity index (χ4n) is 3.56. The number of carbonyl (C=O) groups is 1. The van der Waals surface area contributed by atoms with Crippen LogP contribution in [0.15, 0.2) is 70.6 Å². The molecule has 0 aliphatic heterocycles. The van der Waals surface area contributed by atoms with Gasteiger partial charge >= 0.3 is 0 Å². The predicted molar refractivity (Wildman–Crippen MR) is 131 cm³/mol. The van der Waals surface area contributed by atoms with Crippen LogP contribution in [-0.2, 0) is 24.7 Å². The molecule has 0 spiro atoms. The first-order chi connectivity index (χ1) is 15.5. The maximum atomic E-state index is 13.1. The zero-order valence-electron chi connectivity index (χ0n) is 19.0. The SMILES string of the molecule is CCCC(Sc1nc(C)c(Cc2ccccc2)c(=O)n1C)C(=O)NCCc1ccccc1. The molecule has 1 aromatic heterocycles. The van der Waals surface area contributed by atoms with E-state index in [2.05, 4.69) is 24.4 Å². The Bertz CT molecular complexity index is 1080. The Labute approximate surface area is 194 Å². The van der Waals surface area contributed by atoms with Crippen molar-refractivity contribution >= 4 is 17.7 Å². The molecule has 1 atom stereocenters. The molecule has 2 aromatic carbocycles. The van der Waals surface area contributed by atoms with E-state index in [1.54, 1.807) is 11.6 Å². The zero-order valence-corrected chi connectivity index (χ0v) is 19.8. The number of thioether (sulfide) groups is 1. The third kappa shape index (κ3) is 6.33. The van der Waals surface area contributed by atoms with Crippen molar-refractivity contribution in [3.05, 3.63) is 93.4 Å². The zero-order chi connectivity index (χ0) is 22.9. The molecule has 1 amide bonds. The monoisotopic (exact) mass is 449 g/mol. The minimum absolute atomic E-state index is 0.00644. The van der Waals surface area contributed by atoms with Crippen LogP contribution in [-0.4, -0.2) is 27.3 Å². The third-order valence-corrected chi connectivity index (χ3v) is 6.73. The molecule has 0 aliphatic carbocycles. The van der Waals surface area contributed by atoms with Crippen molar-refractivity contribution in [3.8, 4) is 0 Å². The smallest absolute Gasteiger partial charge is 0.257 e. The van der Waals surface area contributed by atoms with Gasteiger partial charge in [0, 0.05) is 31.3 Å². The number of hydrogen-bond donors (Lipinski definition) is 1. The Morgan fingerprint density at radius 3 is 2.31 bits per heavy atom. The summed E-state index contributed by atoms with van der Waals surface area (Å²) in [6.07, 6.45) is 2.95. The number of carbonyl (C=O) groups excluding carboxylic acids is 1. The van der Waals surface area contributed by atoms with Crippen LogP contribution in [0.25, 0.3) is 0 Å². The normalized spacial score (nSPS) is 11.8. The lowest BCUT2D eigenvalue weighted by Gasteiger charge is -2.18. The summed E-state index contributed by atoms with van der Waals surface area (Å²) in [7, 11) is 1.74. The van der Waals surface area contributed by atoms with Crippen LogP contribution >= 0.6 is 11.8 Å². The van der Waals surface area contributed by atoms with Crippen molar-refractivity contribution in [2.24, 2.45) is 7.05 Å². The molecule has 0 aliphatic rings. The van der Waals surface area contributed by atoms with Gasteiger partial charge in [0.15, 0.2) is 5.16 Å². The summed E-state index contributed by atoms with van der Waals surface area (Å²) in [5, 5.41) is 3.35. The van der Waals surface area contributed by atoms with E-state index in [4.69, 9.17) is 4.98 Å². The molecule has 0 fully saturated rings. The second-order valence-corrected chi connectivity index (χ2v) is 9.08. The maximum Gasteiger partial charge on any atom is 0.257 e. The summed E-state index contributed by atoms with van der Waals surface area (Å²) < 4.78 is 1.58. The van der Waals surface area contributed by atoms with Crippen molar-refractivity contribution in [2.45, 2.75) is 49.9 Å². The van der Waals surface area contributed by atoms with Crippen LogP contribution in [0.5, 0.6) is 0 Å². The minimum Gasteiger partial charge on any atom is -0.355 e. The van der Waals surface area contributed by atoms with Gasteiger partial charge in [0.1, 0.15) is 0 Å². The van der Waals surface area contributed by atoms with Gasteiger partial charge in [0.25, 0.3) is 5.56 Å². The molecule has 0 radical (unpaired) electrons. The van der Waals surface area contributed by atoms with Gasteiger partial charge in [-0.2, -0.15) is 0 Å². The molecule has 0 bridgehead atoms. The van der Waals surface area contributed by atoms with E-state index in [-0.39, 0.29) is 16.7 Å². The molecule has 5 nitrogen and oxygen atoms in total. The second kappa shape index (κ2) is 11.7. The number of hydrogen-bond acceptors (Lipinski definition) is 4. The Balaban J connectivity index is 1.71. The van der Waals surface area contributed by atoms with Crippen molar-refractivity contribution in [2.75, 3.05) is 6.54 Å². The first kappa shape index (κ1) is 23.8.